The Bertz CT molecular complexity index is 1180. The van der Waals surface area contributed by atoms with Gasteiger partial charge in [-0.2, -0.15) is 5.10 Å². The second-order valence-electron chi connectivity index (χ2n) is 7.22. The van der Waals surface area contributed by atoms with Gasteiger partial charge in [0.05, 0.1) is 16.3 Å². The van der Waals surface area contributed by atoms with Crippen LogP contribution in [0.1, 0.15) is 27.3 Å². The Morgan fingerprint density at radius 1 is 1.13 bits per heavy atom. The molecule has 3 aromatic rings. The zero-order valence-corrected chi connectivity index (χ0v) is 18.7. The topological polar surface area (TPSA) is 84.3 Å². The molecule has 162 valence electrons. The van der Waals surface area contributed by atoms with Gasteiger partial charge in [-0.25, -0.2) is 17.8 Å². The smallest absolute Gasteiger partial charge is 0.253 e. The number of aromatic nitrogens is 2. The molecular formula is C23H26N4O3S. The molecule has 31 heavy (non-hydrogen) atoms. The predicted octanol–water partition coefficient (Wildman–Crippen LogP) is 3.23. The van der Waals surface area contributed by atoms with Crippen molar-refractivity contribution in [2.45, 2.75) is 25.3 Å². The number of nitrogens with zero attached hydrogens (tertiary/aromatic N) is 3. The predicted molar refractivity (Wildman–Crippen MR) is 121 cm³/mol. The molecule has 0 saturated heterocycles. The highest BCUT2D eigenvalue weighted by molar-refractivity contribution is 7.89. The number of hydrogen-bond acceptors (Lipinski definition) is 4. The van der Waals surface area contributed by atoms with Crippen LogP contribution >= 0.6 is 0 Å². The SMILES string of the molecule is C=CCNS(=O)(=O)c1ccc(C(=O)N(C)Cc2c(C)nn(-c3ccccc3)c2C)cc1. The van der Waals surface area contributed by atoms with Crippen molar-refractivity contribution in [1.82, 2.24) is 19.4 Å². The molecule has 0 spiro atoms. The molecule has 0 fully saturated rings. The van der Waals surface area contributed by atoms with Gasteiger partial charge in [-0.15, -0.1) is 6.58 Å². The van der Waals surface area contributed by atoms with Crippen LogP contribution in [0.2, 0.25) is 0 Å². The number of para-hydroxylation sites is 1. The highest BCUT2D eigenvalue weighted by Gasteiger charge is 2.19. The van der Waals surface area contributed by atoms with Gasteiger partial charge < -0.3 is 4.90 Å². The van der Waals surface area contributed by atoms with Gasteiger partial charge in [0, 0.05) is 37.0 Å². The number of benzene rings is 2. The van der Waals surface area contributed by atoms with E-state index in [0.717, 1.165) is 22.6 Å². The largest absolute Gasteiger partial charge is 0.337 e. The van der Waals surface area contributed by atoms with Crippen molar-refractivity contribution in [2.75, 3.05) is 13.6 Å². The van der Waals surface area contributed by atoms with Crippen molar-refractivity contribution in [1.29, 1.82) is 0 Å². The summed E-state index contributed by atoms with van der Waals surface area (Å²) in [5.74, 6) is -0.200. The number of carbonyl (C=O) groups excluding carboxylic acids is 1. The molecule has 0 unspecified atom stereocenters. The van der Waals surface area contributed by atoms with Gasteiger partial charge in [-0.05, 0) is 50.2 Å². The molecule has 0 aliphatic heterocycles. The van der Waals surface area contributed by atoms with E-state index in [2.05, 4.69) is 16.4 Å². The highest BCUT2D eigenvalue weighted by atomic mass is 32.2. The molecule has 0 aliphatic carbocycles. The summed E-state index contributed by atoms with van der Waals surface area (Å²) < 4.78 is 28.6. The lowest BCUT2D eigenvalue weighted by Gasteiger charge is -2.18. The van der Waals surface area contributed by atoms with Gasteiger partial charge in [0.2, 0.25) is 10.0 Å². The summed E-state index contributed by atoms with van der Waals surface area (Å²) in [6.45, 7) is 7.94. The van der Waals surface area contributed by atoms with Crippen molar-refractivity contribution >= 4 is 15.9 Å². The van der Waals surface area contributed by atoms with E-state index in [1.807, 2.05) is 48.9 Å². The summed E-state index contributed by atoms with van der Waals surface area (Å²) in [5, 5.41) is 4.63. The van der Waals surface area contributed by atoms with Crippen LogP contribution in [0.25, 0.3) is 5.69 Å². The number of hydrogen-bond donors (Lipinski definition) is 1. The normalized spacial score (nSPS) is 11.3. The quantitative estimate of drug-likeness (QED) is 0.547. The van der Waals surface area contributed by atoms with Crippen molar-refractivity contribution in [3.63, 3.8) is 0 Å². The summed E-state index contributed by atoms with van der Waals surface area (Å²) in [6, 6.07) is 15.7. The minimum Gasteiger partial charge on any atom is -0.337 e. The van der Waals surface area contributed by atoms with Crippen LogP contribution in [-0.2, 0) is 16.6 Å². The second-order valence-corrected chi connectivity index (χ2v) is 8.99. The van der Waals surface area contributed by atoms with E-state index in [-0.39, 0.29) is 17.3 Å². The van der Waals surface area contributed by atoms with Gasteiger partial charge in [-0.1, -0.05) is 24.3 Å². The lowest BCUT2D eigenvalue weighted by atomic mass is 10.1. The molecule has 0 bridgehead atoms. The number of rotatable bonds is 8. The maximum Gasteiger partial charge on any atom is 0.253 e. The Balaban J connectivity index is 1.77. The molecule has 3 rings (SSSR count). The fourth-order valence-corrected chi connectivity index (χ4v) is 4.28. The van der Waals surface area contributed by atoms with Gasteiger partial charge in [-0.3, -0.25) is 4.79 Å². The Kier molecular flexibility index (Phi) is 6.72. The summed E-state index contributed by atoms with van der Waals surface area (Å²) in [4.78, 5) is 14.6. The molecule has 1 N–H and O–H groups in total. The van der Waals surface area contributed by atoms with Crippen molar-refractivity contribution in [2.24, 2.45) is 0 Å². The summed E-state index contributed by atoms with van der Waals surface area (Å²) in [7, 11) is -1.91. The average Bonchev–Trinajstić information content (AvgIpc) is 3.06. The average molecular weight is 439 g/mol. The first-order chi connectivity index (χ1) is 14.7. The number of carbonyl (C=O) groups is 1. The molecule has 1 amide bonds. The molecule has 1 heterocycles. The highest BCUT2D eigenvalue weighted by Crippen LogP contribution is 2.20. The fourth-order valence-electron chi connectivity index (χ4n) is 3.28. The van der Waals surface area contributed by atoms with Gasteiger partial charge in [0.15, 0.2) is 0 Å². The summed E-state index contributed by atoms with van der Waals surface area (Å²) in [6.07, 6.45) is 1.47. The van der Waals surface area contributed by atoms with E-state index in [4.69, 9.17) is 0 Å². The van der Waals surface area contributed by atoms with Crippen molar-refractivity contribution in [3.05, 3.63) is 89.8 Å². The number of nitrogens with one attached hydrogen (secondary N) is 1. The van der Waals surface area contributed by atoms with E-state index in [0.29, 0.717) is 12.1 Å². The first-order valence-corrected chi connectivity index (χ1v) is 11.3. The van der Waals surface area contributed by atoms with Gasteiger partial charge in [0.1, 0.15) is 0 Å². The third-order valence-electron chi connectivity index (χ3n) is 5.01. The van der Waals surface area contributed by atoms with Gasteiger partial charge in [0.25, 0.3) is 5.91 Å². The third kappa shape index (κ3) is 4.92. The summed E-state index contributed by atoms with van der Waals surface area (Å²) in [5.41, 5.74) is 4.18. The van der Waals surface area contributed by atoms with E-state index >= 15 is 0 Å². The van der Waals surface area contributed by atoms with E-state index < -0.39 is 10.0 Å². The minimum absolute atomic E-state index is 0.101. The van der Waals surface area contributed by atoms with Crippen LogP contribution in [0.3, 0.4) is 0 Å². The van der Waals surface area contributed by atoms with Crippen LogP contribution in [0.4, 0.5) is 0 Å². The number of amides is 1. The first kappa shape index (κ1) is 22.5. The zero-order valence-electron chi connectivity index (χ0n) is 17.9. The maximum atomic E-state index is 12.9. The standard InChI is InChI=1S/C23H26N4O3S/c1-5-15-24-31(29,30)21-13-11-19(12-14-21)23(28)26(4)16-22-17(2)25-27(18(22)3)20-9-7-6-8-10-20/h5-14,24H,1,15-16H2,2-4H3. The molecule has 8 heteroatoms. The van der Waals surface area contributed by atoms with Crippen molar-refractivity contribution < 1.29 is 13.2 Å². The van der Waals surface area contributed by atoms with Crippen LogP contribution in [0.5, 0.6) is 0 Å². The molecule has 0 radical (unpaired) electrons. The fraction of sp³-hybridized carbons (Fsp3) is 0.217. The lowest BCUT2D eigenvalue weighted by molar-refractivity contribution is 0.0784. The lowest BCUT2D eigenvalue weighted by Crippen LogP contribution is -2.27. The van der Waals surface area contributed by atoms with Crippen molar-refractivity contribution in [3.8, 4) is 5.69 Å². The third-order valence-corrected chi connectivity index (χ3v) is 6.45. The molecule has 2 aromatic carbocycles. The van der Waals surface area contributed by atoms with Crippen LogP contribution in [0, 0.1) is 13.8 Å². The molecule has 1 aromatic heterocycles. The Morgan fingerprint density at radius 2 is 1.77 bits per heavy atom. The molecule has 0 aliphatic rings. The molecule has 0 atom stereocenters. The van der Waals surface area contributed by atoms with Crippen LogP contribution < -0.4 is 4.72 Å². The maximum absolute atomic E-state index is 12.9. The Hall–Kier alpha value is -3.23. The molecule has 0 saturated carbocycles. The second kappa shape index (κ2) is 9.28. The zero-order chi connectivity index (χ0) is 22.6. The first-order valence-electron chi connectivity index (χ1n) is 9.81. The molecular weight excluding hydrogens is 412 g/mol. The Labute approximate surface area is 183 Å². The van der Waals surface area contributed by atoms with Crippen LogP contribution in [-0.4, -0.2) is 42.6 Å². The van der Waals surface area contributed by atoms with E-state index in [1.165, 1.54) is 30.3 Å². The number of sulfonamides is 1. The van der Waals surface area contributed by atoms with E-state index in [1.54, 1.807) is 11.9 Å². The number of aryl methyl sites for hydroxylation is 1. The monoisotopic (exact) mass is 438 g/mol. The minimum atomic E-state index is -3.63. The Morgan fingerprint density at radius 3 is 2.39 bits per heavy atom. The summed E-state index contributed by atoms with van der Waals surface area (Å²) >= 11 is 0. The van der Waals surface area contributed by atoms with Gasteiger partial charge >= 0.3 is 0 Å². The van der Waals surface area contributed by atoms with E-state index in [9.17, 15) is 13.2 Å². The molecule has 7 nitrogen and oxygen atoms in total. The van der Waals surface area contributed by atoms with Crippen LogP contribution in [0.15, 0.2) is 72.1 Å².